The zero-order valence-corrected chi connectivity index (χ0v) is 10.5. The predicted octanol–water partition coefficient (Wildman–Crippen LogP) is 4.23. The maximum Gasteiger partial charge on any atom is 0.0639 e. The second kappa shape index (κ2) is 5.36. The Bertz CT molecular complexity index is 667. The van der Waals surface area contributed by atoms with E-state index in [1.807, 2.05) is 67.0 Å². The molecule has 0 aliphatic rings. The van der Waals surface area contributed by atoms with E-state index in [0.717, 1.165) is 17.1 Å². The number of para-hydroxylation sites is 2. The standard InChI is InChI=1S/C17H14N2/c1-3-8-15(9-4-1)18-14-17-12-7-13-19(17)16-10-5-2-6-11-16/h1-14H. The first kappa shape index (κ1) is 11.5. The molecule has 0 fully saturated rings. The molecule has 0 N–H and O–H groups in total. The maximum atomic E-state index is 4.49. The average Bonchev–Trinajstić information content (AvgIpc) is 2.95. The summed E-state index contributed by atoms with van der Waals surface area (Å²) >= 11 is 0. The number of aromatic nitrogens is 1. The minimum absolute atomic E-state index is 0.961. The Morgan fingerprint density at radius 3 is 2.16 bits per heavy atom. The zero-order chi connectivity index (χ0) is 12.9. The van der Waals surface area contributed by atoms with E-state index in [-0.39, 0.29) is 0 Å². The number of benzene rings is 2. The Morgan fingerprint density at radius 2 is 1.42 bits per heavy atom. The summed E-state index contributed by atoms with van der Waals surface area (Å²) in [6, 6.07) is 24.3. The summed E-state index contributed by atoms with van der Waals surface area (Å²) in [6.45, 7) is 0. The molecule has 2 nitrogen and oxygen atoms in total. The third-order valence-corrected chi connectivity index (χ3v) is 2.92. The van der Waals surface area contributed by atoms with Crippen LogP contribution in [-0.4, -0.2) is 10.8 Å². The van der Waals surface area contributed by atoms with Gasteiger partial charge in [0.05, 0.1) is 17.6 Å². The minimum atomic E-state index is 0.961. The Morgan fingerprint density at radius 1 is 0.737 bits per heavy atom. The molecular weight excluding hydrogens is 232 g/mol. The van der Waals surface area contributed by atoms with Crippen molar-refractivity contribution in [2.75, 3.05) is 0 Å². The number of nitrogens with zero attached hydrogens (tertiary/aromatic N) is 2. The summed E-state index contributed by atoms with van der Waals surface area (Å²) in [7, 11) is 0. The van der Waals surface area contributed by atoms with Gasteiger partial charge in [-0.3, -0.25) is 4.99 Å². The van der Waals surface area contributed by atoms with Gasteiger partial charge < -0.3 is 4.57 Å². The first-order valence-electron chi connectivity index (χ1n) is 6.25. The fourth-order valence-corrected chi connectivity index (χ4v) is 1.98. The molecule has 2 aromatic carbocycles. The van der Waals surface area contributed by atoms with Crippen LogP contribution >= 0.6 is 0 Å². The molecule has 1 aromatic heterocycles. The molecule has 0 amide bonds. The highest BCUT2D eigenvalue weighted by atomic mass is 15.0. The van der Waals surface area contributed by atoms with Gasteiger partial charge in [-0.2, -0.15) is 0 Å². The molecule has 3 aromatic rings. The van der Waals surface area contributed by atoms with Gasteiger partial charge in [0.25, 0.3) is 0 Å². The Hall–Kier alpha value is -2.61. The molecule has 0 saturated heterocycles. The molecule has 0 aliphatic heterocycles. The molecule has 0 atom stereocenters. The zero-order valence-electron chi connectivity index (χ0n) is 10.5. The van der Waals surface area contributed by atoms with E-state index in [1.54, 1.807) is 0 Å². The Kier molecular flexibility index (Phi) is 3.24. The highest BCUT2D eigenvalue weighted by molar-refractivity contribution is 5.81. The molecule has 19 heavy (non-hydrogen) atoms. The van der Waals surface area contributed by atoms with Crippen molar-refractivity contribution in [1.29, 1.82) is 0 Å². The monoisotopic (exact) mass is 246 g/mol. The molecule has 1 heterocycles. The van der Waals surface area contributed by atoms with E-state index in [1.165, 1.54) is 0 Å². The Labute approximate surface area is 112 Å². The third kappa shape index (κ3) is 2.63. The van der Waals surface area contributed by atoms with Crippen molar-refractivity contribution in [2.24, 2.45) is 4.99 Å². The summed E-state index contributed by atoms with van der Waals surface area (Å²) in [4.78, 5) is 4.49. The number of hydrogen-bond donors (Lipinski definition) is 0. The molecule has 0 spiro atoms. The second-order valence-corrected chi connectivity index (χ2v) is 4.23. The van der Waals surface area contributed by atoms with Crippen molar-refractivity contribution < 1.29 is 0 Å². The number of hydrogen-bond acceptors (Lipinski definition) is 1. The predicted molar refractivity (Wildman–Crippen MR) is 79.5 cm³/mol. The van der Waals surface area contributed by atoms with E-state index >= 15 is 0 Å². The molecule has 92 valence electrons. The van der Waals surface area contributed by atoms with Crippen molar-refractivity contribution in [1.82, 2.24) is 4.57 Å². The largest absolute Gasteiger partial charge is 0.316 e. The molecular formula is C17H14N2. The van der Waals surface area contributed by atoms with Gasteiger partial charge in [0.15, 0.2) is 0 Å². The van der Waals surface area contributed by atoms with Crippen LogP contribution in [0, 0.1) is 0 Å². The van der Waals surface area contributed by atoms with Crippen molar-refractivity contribution in [3.8, 4) is 5.69 Å². The first-order valence-corrected chi connectivity index (χ1v) is 6.25. The lowest BCUT2D eigenvalue weighted by Gasteiger charge is -2.05. The summed E-state index contributed by atoms with van der Waals surface area (Å²) in [6.07, 6.45) is 3.93. The van der Waals surface area contributed by atoms with Crippen LogP contribution in [0.5, 0.6) is 0 Å². The first-order chi connectivity index (χ1) is 9.43. The van der Waals surface area contributed by atoms with Crippen LogP contribution in [0.3, 0.4) is 0 Å². The van der Waals surface area contributed by atoms with E-state index in [9.17, 15) is 0 Å². The van der Waals surface area contributed by atoms with Gasteiger partial charge in [-0.15, -0.1) is 0 Å². The van der Waals surface area contributed by atoms with Gasteiger partial charge in [-0.25, -0.2) is 0 Å². The minimum Gasteiger partial charge on any atom is -0.316 e. The van der Waals surface area contributed by atoms with Crippen LogP contribution in [0.4, 0.5) is 5.69 Å². The van der Waals surface area contributed by atoms with Gasteiger partial charge in [0, 0.05) is 11.9 Å². The topological polar surface area (TPSA) is 17.3 Å². The van der Waals surface area contributed by atoms with Gasteiger partial charge in [-0.1, -0.05) is 36.4 Å². The van der Waals surface area contributed by atoms with Crippen LogP contribution in [0.15, 0.2) is 84.0 Å². The quantitative estimate of drug-likeness (QED) is 0.615. The normalized spacial score (nSPS) is 10.9. The lowest BCUT2D eigenvalue weighted by molar-refractivity contribution is 1.07. The average molecular weight is 246 g/mol. The van der Waals surface area contributed by atoms with Crippen LogP contribution in [0.1, 0.15) is 5.69 Å². The lowest BCUT2D eigenvalue weighted by Crippen LogP contribution is -1.97. The number of aliphatic imine (C=N–C) groups is 1. The highest BCUT2D eigenvalue weighted by Crippen LogP contribution is 2.13. The lowest BCUT2D eigenvalue weighted by atomic mass is 10.3. The van der Waals surface area contributed by atoms with Gasteiger partial charge in [0.1, 0.15) is 0 Å². The van der Waals surface area contributed by atoms with Gasteiger partial charge in [0.2, 0.25) is 0 Å². The fraction of sp³-hybridized carbons (Fsp3) is 0. The molecule has 0 saturated carbocycles. The highest BCUT2D eigenvalue weighted by Gasteiger charge is 1.99. The summed E-state index contributed by atoms with van der Waals surface area (Å²) in [5, 5.41) is 0. The van der Waals surface area contributed by atoms with Gasteiger partial charge >= 0.3 is 0 Å². The molecule has 3 rings (SSSR count). The maximum absolute atomic E-state index is 4.49. The smallest absolute Gasteiger partial charge is 0.0639 e. The van der Waals surface area contributed by atoms with Gasteiger partial charge in [-0.05, 0) is 36.4 Å². The molecule has 2 heteroatoms. The van der Waals surface area contributed by atoms with Crippen LogP contribution in [-0.2, 0) is 0 Å². The molecule has 0 radical (unpaired) electrons. The van der Waals surface area contributed by atoms with Crippen LogP contribution in [0.25, 0.3) is 5.69 Å². The Balaban J connectivity index is 1.91. The molecule has 0 bridgehead atoms. The number of rotatable bonds is 3. The third-order valence-electron chi connectivity index (χ3n) is 2.92. The van der Waals surface area contributed by atoms with Crippen molar-refractivity contribution in [3.63, 3.8) is 0 Å². The molecule has 0 unspecified atom stereocenters. The van der Waals surface area contributed by atoms with E-state index in [0.29, 0.717) is 0 Å². The summed E-state index contributed by atoms with van der Waals surface area (Å²) in [5.41, 5.74) is 3.17. The van der Waals surface area contributed by atoms with Crippen molar-refractivity contribution in [3.05, 3.63) is 84.7 Å². The van der Waals surface area contributed by atoms with Crippen LogP contribution in [0.2, 0.25) is 0 Å². The summed E-state index contributed by atoms with van der Waals surface area (Å²) in [5.74, 6) is 0. The molecule has 0 aliphatic carbocycles. The SMILES string of the molecule is C(=Nc1ccccc1)c1cccn1-c1ccccc1. The van der Waals surface area contributed by atoms with Crippen molar-refractivity contribution in [2.45, 2.75) is 0 Å². The van der Waals surface area contributed by atoms with E-state index in [2.05, 4.69) is 27.8 Å². The summed E-state index contributed by atoms with van der Waals surface area (Å²) < 4.78 is 2.12. The second-order valence-electron chi connectivity index (χ2n) is 4.23. The van der Waals surface area contributed by atoms with E-state index < -0.39 is 0 Å². The van der Waals surface area contributed by atoms with Crippen LogP contribution < -0.4 is 0 Å². The van der Waals surface area contributed by atoms with Crippen molar-refractivity contribution >= 4 is 11.9 Å². The fourth-order valence-electron chi connectivity index (χ4n) is 1.98. The van der Waals surface area contributed by atoms with E-state index in [4.69, 9.17) is 0 Å².